The summed E-state index contributed by atoms with van der Waals surface area (Å²) in [7, 11) is 0. The molecule has 0 aliphatic heterocycles. The maximum atomic E-state index is 10.7. The molecule has 112 valence electrons. The number of aliphatic carboxylic acids is 1. The van der Waals surface area contributed by atoms with Crippen molar-refractivity contribution in [3.8, 4) is 0 Å². The Kier molecular flexibility index (Phi) is 6.64. The molecule has 5 heteroatoms. The van der Waals surface area contributed by atoms with E-state index >= 15 is 0 Å². The minimum absolute atomic E-state index is 0.0228. The molecular weight excluding hydrogens is 258 g/mol. The van der Waals surface area contributed by atoms with E-state index in [0.29, 0.717) is 13.0 Å². The van der Waals surface area contributed by atoms with Crippen molar-refractivity contribution < 1.29 is 20.1 Å². The molecule has 0 saturated heterocycles. The van der Waals surface area contributed by atoms with Crippen LogP contribution < -0.4 is 5.32 Å². The van der Waals surface area contributed by atoms with E-state index in [0.717, 1.165) is 16.7 Å². The van der Waals surface area contributed by atoms with Gasteiger partial charge >= 0.3 is 5.97 Å². The van der Waals surface area contributed by atoms with Crippen LogP contribution in [0.2, 0.25) is 0 Å². The molecule has 0 amide bonds. The average Bonchev–Trinajstić information content (AvgIpc) is 2.41. The molecule has 5 nitrogen and oxygen atoms in total. The summed E-state index contributed by atoms with van der Waals surface area (Å²) in [4.78, 5) is 10.7. The molecule has 0 aliphatic carbocycles. The molecule has 20 heavy (non-hydrogen) atoms. The van der Waals surface area contributed by atoms with Crippen LogP contribution in [-0.4, -0.2) is 40.5 Å². The van der Waals surface area contributed by atoms with Crippen LogP contribution >= 0.6 is 0 Å². The van der Waals surface area contributed by atoms with Gasteiger partial charge in [0.25, 0.3) is 0 Å². The fraction of sp³-hybridized carbons (Fsp3) is 0.533. The highest BCUT2D eigenvalue weighted by Gasteiger charge is 2.21. The monoisotopic (exact) mass is 281 g/mol. The number of aliphatic hydroxyl groups is 2. The van der Waals surface area contributed by atoms with Gasteiger partial charge in [0.05, 0.1) is 12.7 Å². The van der Waals surface area contributed by atoms with Crippen molar-refractivity contribution in [1.29, 1.82) is 0 Å². The third kappa shape index (κ3) is 4.92. The molecule has 4 N–H and O–H groups in total. The van der Waals surface area contributed by atoms with Crippen molar-refractivity contribution in [1.82, 2.24) is 5.32 Å². The molecule has 1 rings (SSSR count). The van der Waals surface area contributed by atoms with E-state index in [4.69, 9.17) is 10.2 Å². The summed E-state index contributed by atoms with van der Waals surface area (Å²) in [5, 5.41) is 31.0. The molecule has 1 aromatic carbocycles. The van der Waals surface area contributed by atoms with Crippen molar-refractivity contribution >= 4 is 5.97 Å². The van der Waals surface area contributed by atoms with E-state index < -0.39 is 12.1 Å². The third-order valence-corrected chi connectivity index (χ3v) is 3.44. The van der Waals surface area contributed by atoms with E-state index in [9.17, 15) is 9.90 Å². The van der Waals surface area contributed by atoms with Crippen LogP contribution in [0.15, 0.2) is 18.2 Å². The molecule has 0 heterocycles. The van der Waals surface area contributed by atoms with Crippen LogP contribution in [0.1, 0.15) is 35.6 Å². The van der Waals surface area contributed by atoms with Gasteiger partial charge in [-0.2, -0.15) is 0 Å². The SMILES string of the molecule is Cc1ccc(C(O)C(CCC(=O)O)NCCO)cc1C. The number of aryl methyl sites for hydroxylation is 2. The number of carboxylic acid groups (broad SMARTS) is 1. The Hall–Kier alpha value is -1.43. The normalized spacial score (nSPS) is 14.0. The highest BCUT2D eigenvalue weighted by atomic mass is 16.4. The van der Waals surface area contributed by atoms with Gasteiger partial charge in [0.2, 0.25) is 0 Å². The number of benzene rings is 1. The van der Waals surface area contributed by atoms with Crippen molar-refractivity contribution in [3.63, 3.8) is 0 Å². The lowest BCUT2D eigenvalue weighted by molar-refractivity contribution is -0.137. The van der Waals surface area contributed by atoms with Gasteiger partial charge in [-0.1, -0.05) is 18.2 Å². The summed E-state index contributed by atoms with van der Waals surface area (Å²) in [6.07, 6.45) is -0.505. The number of carbonyl (C=O) groups is 1. The van der Waals surface area contributed by atoms with E-state index in [2.05, 4.69) is 5.32 Å². The molecule has 2 unspecified atom stereocenters. The quantitative estimate of drug-likeness (QED) is 0.574. The highest BCUT2D eigenvalue weighted by Crippen LogP contribution is 2.22. The van der Waals surface area contributed by atoms with Crippen molar-refractivity contribution in [2.75, 3.05) is 13.2 Å². The zero-order valence-electron chi connectivity index (χ0n) is 12.0. The van der Waals surface area contributed by atoms with E-state index in [1.807, 2.05) is 32.0 Å². The number of hydrogen-bond donors (Lipinski definition) is 4. The van der Waals surface area contributed by atoms with Gasteiger partial charge in [0, 0.05) is 19.0 Å². The number of carboxylic acids is 1. The zero-order valence-corrected chi connectivity index (χ0v) is 12.0. The maximum absolute atomic E-state index is 10.7. The number of nitrogens with one attached hydrogen (secondary N) is 1. The van der Waals surface area contributed by atoms with Crippen molar-refractivity contribution in [2.45, 2.75) is 38.8 Å². The summed E-state index contributed by atoms with van der Waals surface area (Å²) >= 11 is 0. The standard InChI is InChI=1S/C15H23NO4/c1-10-3-4-12(9-11(10)2)15(20)13(16-7-8-17)5-6-14(18)19/h3-4,9,13,15-17,20H,5-8H2,1-2H3,(H,18,19). The first-order valence-corrected chi connectivity index (χ1v) is 6.77. The first-order chi connectivity index (χ1) is 9.45. The molecule has 0 radical (unpaired) electrons. The fourth-order valence-corrected chi connectivity index (χ4v) is 2.08. The minimum Gasteiger partial charge on any atom is -0.481 e. The number of aliphatic hydroxyl groups excluding tert-OH is 2. The summed E-state index contributed by atoms with van der Waals surface area (Å²) in [6.45, 7) is 4.24. The van der Waals surface area contributed by atoms with Gasteiger partial charge < -0.3 is 20.6 Å². The Morgan fingerprint density at radius 3 is 2.55 bits per heavy atom. The van der Waals surface area contributed by atoms with Gasteiger partial charge in [-0.3, -0.25) is 4.79 Å². The molecule has 0 saturated carbocycles. The van der Waals surface area contributed by atoms with E-state index in [1.165, 1.54) is 0 Å². The first kappa shape index (κ1) is 16.6. The molecule has 1 aromatic rings. The summed E-state index contributed by atoms with van der Waals surface area (Å²) in [6, 6.07) is 5.31. The Morgan fingerprint density at radius 2 is 2.00 bits per heavy atom. The molecular formula is C15H23NO4. The smallest absolute Gasteiger partial charge is 0.303 e. The second-order valence-corrected chi connectivity index (χ2v) is 5.01. The van der Waals surface area contributed by atoms with E-state index in [-0.39, 0.29) is 19.1 Å². The van der Waals surface area contributed by atoms with Gasteiger partial charge in [0.1, 0.15) is 0 Å². The fourth-order valence-electron chi connectivity index (χ4n) is 2.08. The van der Waals surface area contributed by atoms with Crippen molar-refractivity contribution in [2.24, 2.45) is 0 Å². The van der Waals surface area contributed by atoms with Crippen LogP contribution in [0.5, 0.6) is 0 Å². The van der Waals surface area contributed by atoms with Crippen LogP contribution in [0.4, 0.5) is 0 Å². The lowest BCUT2D eigenvalue weighted by Crippen LogP contribution is -2.37. The first-order valence-electron chi connectivity index (χ1n) is 6.77. The number of hydrogen-bond acceptors (Lipinski definition) is 4. The molecule has 2 atom stereocenters. The van der Waals surface area contributed by atoms with Crippen LogP contribution in [0.3, 0.4) is 0 Å². The Labute approximate surface area is 119 Å². The van der Waals surface area contributed by atoms with E-state index in [1.54, 1.807) is 0 Å². The second-order valence-electron chi connectivity index (χ2n) is 5.01. The molecule has 0 aromatic heterocycles. The molecule has 0 spiro atoms. The molecule has 0 bridgehead atoms. The largest absolute Gasteiger partial charge is 0.481 e. The topological polar surface area (TPSA) is 89.8 Å². The third-order valence-electron chi connectivity index (χ3n) is 3.44. The summed E-state index contributed by atoms with van der Waals surface area (Å²) in [5.74, 6) is -0.895. The minimum atomic E-state index is -0.895. The number of rotatable bonds is 8. The Bertz CT molecular complexity index is 447. The van der Waals surface area contributed by atoms with Gasteiger partial charge in [-0.25, -0.2) is 0 Å². The Balaban J connectivity index is 2.81. The molecule has 0 aliphatic rings. The summed E-state index contributed by atoms with van der Waals surface area (Å²) < 4.78 is 0. The summed E-state index contributed by atoms with van der Waals surface area (Å²) in [5.41, 5.74) is 2.99. The predicted octanol–water partition coefficient (Wildman–Crippen LogP) is 1.15. The average molecular weight is 281 g/mol. The highest BCUT2D eigenvalue weighted by molar-refractivity contribution is 5.66. The zero-order chi connectivity index (χ0) is 15.1. The van der Waals surface area contributed by atoms with Gasteiger partial charge in [0.15, 0.2) is 0 Å². The lowest BCUT2D eigenvalue weighted by Gasteiger charge is -2.24. The Morgan fingerprint density at radius 1 is 1.30 bits per heavy atom. The predicted molar refractivity (Wildman–Crippen MR) is 76.6 cm³/mol. The molecule has 0 fully saturated rings. The van der Waals surface area contributed by atoms with Crippen LogP contribution in [0, 0.1) is 13.8 Å². The van der Waals surface area contributed by atoms with Crippen LogP contribution in [-0.2, 0) is 4.79 Å². The van der Waals surface area contributed by atoms with Gasteiger partial charge in [-0.05, 0) is 37.0 Å². The van der Waals surface area contributed by atoms with Crippen LogP contribution in [0.25, 0.3) is 0 Å². The van der Waals surface area contributed by atoms with Gasteiger partial charge in [-0.15, -0.1) is 0 Å². The van der Waals surface area contributed by atoms with Crippen molar-refractivity contribution in [3.05, 3.63) is 34.9 Å². The lowest BCUT2D eigenvalue weighted by atomic mass is 9.95. The maximum Gasteiger partial charge on any atom is 0.303 e. The second kappa shape index (κ2) is 7.99.